The van der Waals surface area contributed by atoms with Crippen LogP contribution in [0, 0.1) is 0 Å². The summed E-state index contributed by atoms with van der Waals surface area (Å²) in [6.07, 6.45) is 5.19. The quantitative estimate of drug-likeness (QED) is 0.923. The molecular weight excluding hydrogens is 270 g/mol. The molecule has 2 N–H and O–H groups in total. The molecule has 0 unspecified atom stereocenters. The molecule has 1 aliphatic heterocycles. The largest absolute Gasteiger partial charge is 0.397 e. The molecule has 2 aliphatic rings. The van der Waals surface area contributed by atoms with Crippen molar-refractivity contribution in [1.82, 2.24) is 9.47 Å². The number of carbonyl (C=O) groups excluding carboxylic acids is 1. The van der Waals surface area contributed by atoms with Crippen molar-refractivity contribution in [3.63, 3.8) is 0 Å². The molecule has 1 amide bonds. The number of thiophene rings is 1. The van der Waals surface area contributed by atoms with Gasteiger partial charge in [0.2, 0.25) is 0 Å². The Labute approximate surface area is 121 Å². The predicted octanol–water partition coefficient (Wildman–Crippen LogP) is 2.67. The number of nitrogens with zero attached hydrogens (tertiary/aromatic N) is 2. The lowest BCUT2D eigenvalue weighted by Crippen LogP contribution is -2.36. The number of nitrogens with two attached hydrogens (primary N) is 1. The first kappa shape index (κ1) is 12.0. The Balaban J connectivity index is 1.62. The van der Waals surface area contributed by atoms with E-state index in [0.29, 0.717) is 11.7 Å². The van der Waals surface area contributed by atoms with Crippen LogP contribution < -0.4 is 5.73 Å². The van der Waals surface area contributed by atoms with Gasteiger partial charge in [0.1, 0.15) is 5.69 Å². The highest BCUT2D eigenvalue weighted by Gasteiger charge is 2.30. The van der Waals surface area contributed by atoms with Gasteiger partial charge < -0.3 is 15.2 Å². The van der Waals surface area contributed by atoms with Crippen molar-refractivity contribution in [1.29, 1.82) is 0 Å². The van der Waals surface area contributed by atoms with Crippen LogP contribution >= 0.6 is 11.3 Å². The first-order chi connectivity index (χ1) is 9.72. The molecule has 0 saturated heterocycles. The van der Waals surface area contributed by atoms with Crippen molar-refractivity contribution >= 4 is 22.9 Å². The smallest absolute Gasteiger partial charge is 0.270 e. The lowest BCUT2D eigenvalue weighted by atomic mass is 10.1. The summed E-state index contributed by atoms with van der Waals surface area (Å²) in [5.74, 6) is 0.116. The molecule has 4 rings (SSSR count). The van der Waals surface area contributed by atoms with E-state index in [4.69, 9.17) is 5.73 Å². The van der Waals surface area contributed by atoms with E-state index >= 15 is 0 Å². The number of aromatic nitrogens is 1. The van der Waals surface area contributed by atoms with Gasteiger partial charge in [-0.1, -0.05) is 0 Å². The van der Waals surface area contributed by atoms with Gasteiger partial charge in [-0.2, -0.15) is 0 Å². The molecule has 1 fully saturated rings. The van der Waals surface area contributed by atoms with Gasteiger partial charge in [-0.3, -0.25) is 4.79 Å². The van der Waals surface area contributed by atoms with Crippen LogP contribution in [0.4, 0.5) is 5.69 Å². The summed E-state index contributed by atoms with van der Waals surface area (Å²) < 4.78 is 2.07. The SMILES string of the molecule is Nc1cc(C(=O)N2CCc3sccc3C2)n(C2CC2)c1. The number of nitrogen functional groups attached to an aromatic ring is 1. The van der Waals surface area contributed by atoms with Gasteiger partial charge in [0, 0.05) is 30.2 Å². The number of amides is 1. The minimum absolute atomic E-state index is 0.116. The van der Waals surface area contributed by atoms with E-state index in [2.05, 4.69) is 16.0 Å². The predicted molar refractivity (Wildman–Crippen MR) is 79.9 cm³/mol. The Hall–Kier alpha value is -1.75. The monoisotopic (exact) mass is 287 g/mol. The van der Waals surface area contributed by atoms with Gasteiger partial charge in [-0.05, 0) is 42.3 Å². The second kappa shape index (κ2) is 4.38. The fourth-order valence-corrected chi connectivity index (χ4v) is 3.80. The normalized spacial score (nSPS) is 18.1. The number of anilines is 1. The molecule has 1 aliphatic carbocycles. The van der Waals surface area contributed by atoms with Crippen LogP contribution in [0.25, 0.3) is 0 Å². The lowest BCUT2D eigenvalue weighted by Gasteiger charge is -2.27. The molecule has 2 aromatic heterocycles. The summed E-state index contributed by atoms with van der Waals surface area (Å²) >= 11 is 1.79. The lowest BCUT2D eigenvalue weighted by molar-refractivity contribution is 0.0724. The minimum atomic E-state index is 0.116. The maximum atomic E-state index is 12.8. The van der Waals surface area contributed by atoms with E-state index < -0.39 is 0 Å². The average molecular weight is 287 g/mol. The van der Waals surface area contributed by atoms with Crippen molar-refractivity contribution in [2.75, 3.05) is 12.3 Å². The maximum Gasteiger partial charge on any atom is 0.270 e. The third-order valence-electron chi connectivity index (χ3n) is 4.12. The highest BCUT2D eigenvalue weighted by atomic mass is 32.1. The van der Waals surface area contributed by atoms with Crippen LogP contribution in [0.5, 0.6) is 0 Å². The van der Waals surface area contributed by atoms with Gasteiger partial charge in [0.25, 0.3) is 5.91 Å². The van der Waals surface area contributed by atoms with E-state index in [1.807, 2.05) is 17.2 Å². The summed E-state index contributed by atoms with van der Waals surface area (Å²) in [5, 5.41) is 2.11. The molecule has 5 heteroatoms. The standard InChI is InChI=1S/C15H17N3OS/c16-11-7-13(18(9-11)12-1-2-12)15(19)17-5-3-14-10(8-17)4-6-20-14/h4,6-7,9,12H,1-3,5,8,16H2. The van der Waals surface area contributed by atoms with Crippen molar-refractivity contribution in [3.05, 3.63) is 39.8 Å². The number of carbonyl (C=O) groups is 1. The van der Waals surface area contributed by atoms with Crippen molar-refractivity contribution in [2.24, 2.45) is 0 Å². The van der Waals surface area contributed by atoms with Crippen LogP contribution in [0.15, 0.2) is 23.7 Å². The summed E-state index contributed by atoms with van der Waals surface area (Å²) in [6.45, 7) is 1.54. The second-order valence-corrected chi connectivity index (χ2v) is 6.64. The van der Waals surface area contributed by atoms with Gasteiger partial charge in [-0.15, -0.1) is 11.3 Å². The molecule has 0 aromatic carbocycles. The molecular formula is C15H17N3OS. The van der Waals surface area contributed by atoms with E-state index in [1.54, 1.807) is 11.3 Å². The van der Waals surface area contributed by atoms with E-state index in [1.165, 1.54) is 10.4 Å². The number of hydrogen-bond donors (Lipinski definition) is 1. The molecule has 0 atom stereocenters. The van der Waals surface area contributed by atoms with Gasteiger partial charge in [0.05, 0.1) is 5.69 Å². The van der Waals surface area contributed by atoms with Crippen LogP contribution in [-0.2, 0) is 13.0 Å². The zero-order valence-electron chi connectivity index (χ0n) is 11.2. The highest BCUT2D eigenvalue weighted by Crippen LogP contribution is 2.37. The van der Waals surface area contributed by atoms with Gasteiger partial charge in [-0.25, -0.2) is 0 Å². The topological polar surface area (TPSA) is 51.3 Å². The van der Waals surface area contributed by atoms with E-state index in [-0.39, 0.29) is 5.91 Å². The summed E-state index contributed by atoms with van der Waals surface area (Å²) in [4.78, 5) is 16.1. The van der Waals surface area contributed by atoms with E-state index in [9.17, 15) is 4.79 Å². The van der Waals surface area contributed by atoms with Crippen molar-refractivity contribution in [2.45, 2.75) is 31.8 Å². The molecule has 2 aromatic rings. The first-order valence-corrected chi connectivity index (χ1v) is 7.92. The van der Waals surface area contributed by atoms with E-state index in [0.717, 1.165) is 38.0 Å². The number of fused-ring (bicyclic) bond motifs is 1. The second-order valence-electron chi connectivity index (χ2n) is 5.64. The molecule has 1 saturated carbocycles. The molecule has 104 valence electrons. The van der Waals surface area contributed by atoms with Crippen molar-refractivity contribution in [3.8, 4) is 0 Å². The van der Waals surface area contributed by atoms with Gasteiger partial charge >= 0.3 is 0 Å². The Morgan fingerprint density at radius 3 is 3.05 bits per heavy atom. The molecule has 0 spiro atoms. The van der Waals surface area contributed by atoms with Crippen LogP contribution in [0.1, 0.15) is 39.8 Å². The zero-order chi connectivity index (χ0) is 13.7. The Morgan fingerprint density at radius 2 is 2.25 bits per heavy atom. The highest BCUT2D eigenvalue weighted by molar-refractivity contribution is 7.10. The fourth-order valence-electron chi connectivity index (χ4n) is 2.91. The Bertz CT molecular complexity index is 668. The minimum Gasteiger partial charge on any atom is -0.397 e. The average Bonchev–Trinajstić information content (AvgIpc) is 3.06. The molecule has 0 bridgehead atoms. The summed E-state index contributed by atoms with van der Waals surface area (Å²) in [6, 6.07) is 4.44. The fraction of sp³-hybridized carbons (Fsp3) is 0.400. The molecule has 3 heterocycles. The third-order valence-corrected chi connectivity index (χ3v) is 5.15. The molecule has 20 heavy (non-hydrogen) atoms. The zero-order valence-corrected chi connectivity index (χ0v) is 12.0. The summed E-state index contributed by atoms with van der Waals surface area (Å²) in [5.41, 5.74) is 8.62. The van der Waals surface area contributed by atoms with Crippen molar-refractivity contribution < 1.29 is 4.79 Å². The van der Waals surface area contributed by atoms with Crippen LogP contribution in [-0.4, -0.2) is 21.9 Å². The molecule has 0 radical (unpaired) electrons. The van der Waals surface area contributed by atoms with Crippen LogP contribution in [0.2, 0.25) is 0 Å². The Kier molecular flexibility index (Phi) is 2.63. The van der Waals surface area contributed by atoms with Crippen LogP contribution in [0.3, 0.4) is 0 Å². The third kappa shape index (κ3) is 1.93. The Morgan fingerprint density at radius 1 is 1.40 bits per heavy atom. The number of hydrogen-bond acceptors (Lipinski definition) is 3. The first-order valence-electron chi connectivity index (χ1n) is 7.04. The number of rotatable bonds is 2. The summed E-state index contributed by atoms with van der Waals surface area (Å²) in [7, 11) is 0. The maximum absolute atomic E-state index is 12.8. The van der Waals surface area contributed by atoms with Gasteiger partial charge in [0.15, 0.2) is 0 Å². The molecule has 4 nitrogen and oxygen atoms in total.